The normalized spacial score (nSPS) is 10.7. The van der Waals surface area contributed by atoms with Gasteiger partial charge in [0.1, 0.15) is 11.6 Å². The molecule has 2 heterocycles. The van der Waals surface area contributed by atoms with Gasteiger partial charge in [-0.3, -0.25) is 0 Å². The Morgan fingerprint density at radius 1 is 1.00 bits per heavy atom. The predicted octanol–water partition coefficient (Wildman–Crippen LogP) is 3.00. The second-order valence-electron chi connectivity index (χ2n) is 6.13. The molecule has 0 aliphatic heterocycles. The number of benzene rings is 1. The summed E-state index contributed by atoms with van der Waals surface area (Å²) in [7, 11) is 1.34. The van der Waals surface area contributed by atoms with Crippen LogP contribution in [0.15, 0.2) is 60.9 Å². The van der Waals surface area contributed by atoms with E-state index in [1.54, 1.807) is 35.9 Å². The second-order valence-corrected chi connectivity index (χ2v) is 6.13. The molecule has 3 aromatic rings. The molecule has 6 heteroatoms. The average molecular weight is 370 g/mol. The van der Waals surface area contributed by atoms with Gasteiger partial charge in [0.15, 0.2) is 12.4 Å². The molecule has 138 valence electrons. The van der Waals surface area contributed by atoms with Crippen molar-refractivity contribution in [2.24, 2.45) is 0 Å². The lowest BCUT2D eigenvalue weighted by Gasteiger charge is -2.08. The maximum Gasteiger partial charge on any atom is 0.403 e. The maximum absolute atomic E-state index is 14.4. The summed E-state index contributed by atoms with van der Waals surface area (Å²) in [6.45, 7) is 2.65. The molecule has 0 saturated heterocycles. The SMILES string of the molecule is COC(=O)c1cccc[n+]1CC[n+]1ccccc1-c1c(C)cc(F)cc1F. The number of aromatic nitrogens is 2. The van der Waals surface area contributed by atoms with Crippen molar-refractivity contribution in [3.63, 3.8) is 0 Å². The van der Waals surface area contributed by atoms with E-state index in [0.29, 0.717) is 35.6 Å². The van der Waals surface area contributed by atoms with Gasteiger partial charge in [0.25, 0.3) is 5.69 Å². The Kier molecular flexibility index (Phi) is 5.54. The topological polar surface area (TPSA) is 34.1 Å². The number of hydrogen-bond acceptors (Lipinski definition) is 2. The van der Waals surface area contributed by atoms with Crippen LogP contribution in [0, 0.1) is 18.6 Å². The van der Waals surface area contributed by atoms with E-state index in [-0.39, 0.29) is 0 Å². The van der Waals surface area contributed by atoms with Crippen LogP contribution in [0.1, 0.15) is 16.1 Å². The summed E-state index contributed by atoms with van der Waals surface area (Å²) in [5, 5.41) is 0. The molecule has 0 radical (unpaired) electrons. The van der Waals surface area contributed by atoms with Crippen LogP contribution in [0.3, 0.4) is 0 Å². The number of halogens is 2. The van der Waals surface area contributed by atoms with Gasteiger partial charge in [0.05, 0.1) is 12.7 Å². The molecule has 0 amide bonds. The van der Waals surface area contributed by atoms with Gasteiger partial charge in [-0.25, -0.2) is 13.6 Å². The van der Waals surface area contributed by atoms with E-state index in [1.807, 2.05) is 29.0 Å². The molecule has 0 N–H and O–H groups in total. The molecule has 0 aliphatic carbocycles. The molecule has 3 rings (SSSR count). The lowest BCUT2D eigenvalue weighted by Crippen LogP contribution is -2.48. The molecule has 2 aromatic heterocycles. The molecule has 4 nitrogen and oxygen atoms in total. The highest BCUT2D eigenvalue weighted by atomic mass is 19.1. The lowest BCUT2D eigenvalue weighted by molar-refractivity contribution is -0.774. The van der Waals surface area contributed by atoms with Gasteiger partial charge in [-0.1, -0.05) is 0 Å². The second kappa shape index (κ2) is 8.03. The van der Waals surface area contributed by atoms with Crippen molar-refractivity contribution in [2.75, 3.05) is 7.11 Å². The first-order valence-corrected chi connectivity index (χ1v) is 8.52. The van der Waals surface area contributed by atoms with Crippen LogP contribution in [-0.2, 0) is 17.8 Å². The monoisotopic (exact) mass is 370 g/mol. The Hall–Kier alpha value is -3.15. The number of hydrogen-bond donors (Lipinski definition) is 0. The lowest BCUT2D eigenvalue weighted by atomic mass is 10.0. The van der Waals surface area contributed by atoms with Crippen molar-refractivity contribution < 1.29 is 27.4 Å². The fourth-order valence-electron chi connectivity index (χ4n) is 3.10. The third-order valence-electron chi connectivity index (χ3n) is 4.37. The smallest absolute Gasteiger partial charge is 0.403 e. The Bertz CT molecular complexity index is 966. The first kappa shape index (κ1) is 18.6. The largest absolute Gasteiger partial charge is 0.461 e. The van der Waals surface area contributed by atoms with Crippen LogP contribution in [0.25, 0.3) is 11.3 Å². The number of pyridine rings is 2. The fraction of sp³-hybridized carbons (Fsp3) is 0.190. The van der Waals surface area contributed by atoms with E-state index in [9.17, 15) is 13.6 Å². The van der Waals surface area contributed by atoms with Crippen LogP contribution in [0.4, 0.5) is 8.78 Å². The highest BCUT2D eigenvalue weighted by Crippen LogP contribution is 2.24. The van der Waals surface area contributed by atoms with E-state index in [4.69, 9.17) is 4.74 Å². The van der Waals surface area contributed by atoms with E-state index < -0.39 is 17.6 Å². The van der Waals surface area contributed by atoms with Gasteiger partial charge in [-0.2, -0.15) is 9.13 Å². The van der Waals surface area contributed by atoms with Crippen LogP contribution < -0.4 is 9.13 Å². The highest BCUT2D eigenvalue weighted by Gasteiger charge is 2.23. The molecule has 0 atom stereocenters. The molecule has 0 aliphatic rings. The standard InChI is InChI=1S/C21H20F2N2O2/c1-15-13-16(22)14-17(23)20(15)18-7-3-5-9-24(18)11-12-25-10-6-4-8-19(25)21(26)27-2/h3-10,13-14H,11-12H2,1-2H3/q+2. The van der Waals surface area contributed by atoms with Gasteiger partial charge >= 0.3 is 5.97 Å². The number of carbonyl (C=O) groups is 1. The average Bonchev–Trinajstić information content (AvgIpc) is 2.66. The number of aryl methyl sites for hydroxylation is 3. The molecule has 0 spiro atoms. The molecule has 0 fully saturated rings. The summed E-state index contributed by atoms with van der Waals surface area (Å²) in [5.41, 5.74) is 1.96. The quantitative estimate of drug-likeness (QED) is 0.511. The summed E-state index contributed by atoms with van der Waals surface area (Å²) in [6.07, 6.45) is 3.62. The zero-order valence-corrected chi connectivity index (χ0v) is 15.2. The summed E-state index contributed by atoms with van der Waals surface area (Å²) >= 11 is 0. The van der Waals surface area contributed by atoms with Crippen molar-refractivity contribution in [1.82, 2.24) is 0 Å². The molecule has 0 saturated carbocycles. The van der Waals surface area contributed by atoms with E-state index in [0.717, 1.165) is 6.07 Å². The molecule has 27 heavy (non-hydrogen) atoms. The number of ether oxygens (including phenoxy) is 1. The molecule has 1 aromatic carbocycles. The van der Waals surface area contributed by atoms with Crippen molar-refractivity contribution in [2.45, 2.75) is 20.0 Å². The highest BCUT2D eigenvalue weighted by molar-refractivity contribution is 5.85. The minimum absolute atomic E-state index is 0.364. The number of esters is 1. The first-order chi connectivity index (χ1) is 13.0. The van der Waals surface area contributed by atoms with Gasteiger partial charge in [0.2, 0.25) is 18.8 Å². The van der Waals surface area contributed by atoms with Gasteiger partial charge in [-0.05, 0) is 30.7 Å². The summed E-state index contributed by atoms with van der Waals surface area (Å²) < 4.78 is 36.4. The third kappa shape index (κ3) is 4.00. The number of rotatable bonds is 5. The zero-order valence-electron chi connectivity index (χ0n) is 15.2. The van der Waals surface area contributed by atoms with Crippen molar-refractivity contribution >= 4 is 5.97 Å². The van der Waals surface area contributed by atoms with Crippen LogP contribution >= 0.6 is 0 Å². The Labute approximate surface area is 156 Å². The van der Waals surface area contributed by atoms with E-state index >= 15 is 0 Å². The van der Waals surface area contributed by atoms with Crippen LogP contribution in [0.2, 0.25) is 0 Å². The Morgan fingerprint density at radius 2 is 1.67 bits per heavy atom. The fourth-order valence-corrected chi connectivity index (χ4v) is 3.10. The summed E-state index contributed by atoms with van der Waals surface area (Å²) in [5.74, 6) is -1.62. The van der Waals surface area contributed by atoms with Gasteiger partial charge in [0, 0.05) is 30.3 Å². The number of carbonyl (C=O) groups excluding carboxylic acids is 1. The van der Waals surface area contributed by atoms with Gasteiger partial charge < -0.3 is 4.74 Å². The first-order valence-electron chi connectivity index (χ1n) is 8.52. The number of nitrogens with zero attached hydrogens (tertiary/aromatic N) is 2. The minimum Gasteiger partial charge on any atom is -0.461 e. The Balaban J connectivity index is 1.95. The van der Waals surface area contributed by atoms with Crippen molar-refractivity contribution in [3.05, 3.63) is 83.8 Å². The number of methoxy groups -OCH3 is 1. The maximum atomic E-state index is 14.4. The molecule has 0 bridgehead atoms. The van der Waals surface area contributed by atoms with Crippen molar-refractivity contribution in [1.29, 1.82) is 0 Å². The summed E-state index contributed by atoms with van der Waals surface area (Å²) in [4.78, 5) is 11.9. The van der Waals surface area contributed by atoms with Crippen LogP contribution in [-0.4, -0.2) is 13.1 Å². The third-order valence-corrected chi connectivity index (χ3v) is 4.37. The summed E-state index contributed by atoms with van der Waals surface area (Å²) in [6, 6.07) is 12.9. The Morgan fingerprint density at radius 3 is 2.37 bits per heavy atom. The zero-order chi connectivity index (χ0) is 19.4. The van der Waals surface area contributed by atoms with E-state index in [1.165, 1.54) is 13.2 Å². The molecular weight excluding hydrogens is 350 g/mol. The van der Waals surface area contributed by atoms with Crippen molar-refractivity contribution in [3.8, 4) is 11.3 Å². The van der Waals surface area contributed by atoms with E-state index in [2.05, 4.69) is 0 Å². The molecular formula is C21H20F2N2O2+2. The molecule has 0 unspecified atom stereocenters. The minimum atomic E-state index is -0.602. The van der Waals surface area contributed by atoms with Crippen LogP contribution in [0.5, 0.6) is 0 Å². The van der Waals surface area contributed by atoms with Gasteiger partial charge in [-0.15, -0.1) is 0 Å². The predicted molar refractivity (Wildman–Crippen MR) is 94.7 cm³/mol.